The van der Waals surface area contributed by atoms with Gasteiger partial charge < -0.3 is 5.11 Å². The van der Waals surface area contributed by atoms with Crippen molar-refractivity contribution in [3.8, 4) is 0 Å². The van der Waals surface area contributed by atoms with Crippen molar-refractivity contribution in [2.75, 3.05) is 0 Å². The van der Waals surface area contributed by atoms with E-state index in [0.717, 1.165) is 0 Å². The summed E-state index contributed by atoms with van der Waals surface area (Å²) < 4.78 is 24.1. The molecule has 0 aliphatic heterocycles. The number of halogens is 2. The van der Waals surface area contributed by atoms with Gasteiger partial charge in [-0.05, 0) is 5.56 Å². The molecule has 64 valence electrons. The Hall–Kier alpha value is -1.22. The Bertz CT molecular complexity index is 269. The summed E-state index contributed by atoms with van der Waals surface area (Å²) in [6.45, 7) is 0. The third-order valence-electron chi connectivity index (χ3n) is 1.48. The Morgan fingerprint density at radius 2 is 1.92 bits per heavy atom. The van der Waals surface area contributed by atoms with Crippen LogP contribution in [0.25, 0.3) is 0 Å². The second kappa shape index (κ2) is 3.97. The molecule has 0 unspecified atom stereocenters. The fraction of sp³-hybridized carbons (Fsp3) is 0.111. The van der Waals surface area contributed by atoms with Gasteiger partial charge in [0.25, 0.3) is 0 Å². The van der Waals surface area contributed by atoms with Crippen molar-refractivity contribution in [1.82, 2.24) is 0 Å². The van der Waals surface area contributed by atoms with E-state index < -0.39 is 11.9 Å². The summed E-state index contributed by atoms with van der Waals surface area (Å²) in [6, 6.07) is 8.06. The summed E-state index contributed by atoms with van der Waals surface area (Å²) in [4.78, 5) is 0. The second-order valence-electron chi connectivity index (χ2n) is 2.31. The van der Waals surface area contributed by atoms with Crippen molar-refractivity contribution in [3.05, 3.63) is 48.1 Å². The molecule has 0 fully saturated rings. The zero-order valence-corrected chi connectivity index (χ0v) is 6.24. The average Bonchev–Trinajstić information content (AvgIpc) is 2.17. The normalized spacial score (nSPS) is 14.4. The van der Waals surface area contributed by atoms with Gasteiger partial charge in [-0.25, -0.2) is 8.78 Å². The summed E-state index contributed by atoms with van der Waals surface area (Å²) >= 11 is 0. The monoisotopic (exact) mass is 170 g/mol. The molecule has 0 radical (unpaired) electrons. The van der Waals surface area contributed by atoms with Crippen LogP contribution in [0.15, 0.2) is 42.5 Å². The van der Waals surface area contributed by atoms with Gasteiger partial charge in [-0.2, -0.15) is 0 Å². The van der Waals surface area contributed by atoms with Crippen molar-refractivity contribution in [3.63, 3.8) is 0 Å². The number of aliphatic hydroxyl groups excluding tert-OH is 1. The van der Waals surface area contributed by atoms with Crippen LogP contribution in [-0.4, -0.2) is 5.11 Å². The fourth-order valence-corrected chi connectivity index (χ4v) is 0.854. The van der Waals surface area contributed by atoms with E-state index in [0.29, 0.717) is 5.56 Å². The average molecular weight is 170 g/mol. The van der Waals surface area contributed by atoms with Gasteiger partial charge in [0.1, 0.15) is 12.4 Å². The maximum atomic E-state index is 12.4. The van der Waals surface area contributed by atoms with Crippen molar-refractivity contribution in [2.45, 2.75) is 6.10 Å². The smallest absolute Gasteiger partial charge is 0.161 e. The maximum Gasteiger partial charge on any atom is 0.161 e. The number of benzene rings is 1. The van der Waals surface area contributed by atoms with Crippen molar-refractivity contribution in [2.24, 2.45) is 0 Å². The molecule has 1 atom stereocenters. The summed E-state index contributed by atoms with van der Waals surface area (Å²) in [6.07, 6.45) is -1.73. The highest BCUT2D eigenvalue weighted by atomic mass is 19.2. The molecule has 1 N–H and O–H groups in total. The third kappa shape index (κ3) is 1.89. The summed E-state index contributed by atoms with van der Waals surface area (Å²) in [5.74, 6) is -1.18. The lowest BCUT2D eigenvalue weighted by Crippen LogP contribution is -1.96. The number of hydrogen-bond acceptors (Lipinski definition) is 1. The number of aliphatic hydroxyl groups is 1. The SMILES string of the molecule is O[C@H](/C(F)=C/F)c1ccccc1. The van der Waals surface area contributed by atoms with Crippen LogP contribution in [0.3, 0.4) is 0 Å². The third-order valence-corrected chi connectivity index (χ3v) is 1.48. The van der Waals surface area contributed by atoms with Gasteiger partial charge in [-0.1, -0.05) is 30.3 Å². The minimum atomic E-state index is -1.49. The zero-order chi connectivity index (χ0) is 8.97. The van der Waals surface area contributed by atoms with Crippen LogP contribution in [0.4, 0.5) is 8.78 Å². The molecule has 12 heavy (non-hydrogen) atoms. The van der Waals surface area contributed by atoms with Gasteiger partial charge in [0.15, 0.2) is 5.83 Å². The largest absolute Gasteiger partial charge is 0.381 e. The standard InChI is InChI=1S/C9H8F2O/c10-6-8(11)9(12)7-4-2-1-3-5-7/h1-6,9,12H/b8-6-/t9-/m0/s1. The minimum Gasteiger partial charge on any atom is -0.381 e. The molecule has 0 aromatic heterocycles. The van der Waals surface area contributed by atoms with Gasteiger partial charge in [0.2, 0.25) is 0 Å². The second-order valence-corrected chi connectivity index (χ2v) is 2.31. The summed E-state index contributed by atoms with van der Waals surface area (Å²) in [7, 11) is 0. The lowest BCUT2D eigenvalue weighted by molar-refractivity contribution is 0.183. The number of hydrogen-bond donors (Lipinski definition) is 1. The predicted octanol–water partition coefficient (Wildman–Crippen LogP) is 2.50. The molecule has 1 nitrogen and oxygen atoms in total. The lowest BCUT2D eigenvalue weighted by Gasteiger charge is -2.06. The summed E-state index contributed by atoms with van der Waals surface area (Å²) in [5.41, 5.74) is 0.337. The van der Waals surface area contributed by atoms with Crippen LogP contribution in [0.2, 0.25) is 0 Å². The van der Waals surface area contributed by atoms with E-state index in [2.05, 4.69) is 0 Å². The molecular formula is C9H8F2O. The minimum absolute atomic E-state index is 0.238. The van der Waals surface area contributed by atoms with Crippen LogP contribution in [0.1, 0.15) is 11.7 Å². The van der Waals surface area contributed by atoms with E-state index in [1.807, 2.05) is 0 Å². The topological polar surface area (TPSA) is 20.2 Å². The molecule has 0 saturated heterocycles. The van der Waals surface area contributed by atoms with Crippen LogP contribution >= 0.6 is 0 Å². The fourth-order valence-electron chi connectivity index (χ4n) is 0.854. The molecule has 0 aliphatic rings. The van der Waals surface area contributed by atoms with Crippen molar-refractivity contribution in [1.29, 1.82) is 0 Å². The van der Waals surface area contributed by atoms with E-state index in [1.54, 1.807) is 18.2 Å². The summed E-state index contributed by atoms with van der Waals surface area (Å²) in [5, 5.41) is 9.11. The van der Waals surface area contributed by atoms with Crippen LogP contribution in [-0.2, 0) is 0 Å². The highest BCUT2D eigenvalue weighted by molar-refractivity contribution is 5.22. The van der Waals surface area contributed by atoms with Gasteiger partial charge in [-0.15, -0.1) is 0 Å². The Kier molecular flexibility index (Phi) is 2.94. The first-order valence-electron chi connectivity index (χ1n) is 3.44. The van der Waals surface area contributed by atoms with E-state index in [-0.39, 0.29) is 6.33 Å². The molecule has 1 aromatic rings. The lowest BCUT2D eigenvalue weighted by atomic mass is 10.1. The van der Waals surface area contributed by atoms with Crippen molar-refractivity contribution < 1.29 is 13.9 Å². The van der Waals surface area contributed by atoms with E-state index in [1.165, 1.54) is 12.1 Å². The van der Waals surface area contributed by atoms with E-state index >= 15 is 0 Å². The molecule has 0 bridgehead atoms. The first kappa shape index (κ1) is 8.87. The highest BCUT2D eigenvalue weighted by Gasteiger charge is 2.11. The Labute approximate surface area is 69.0 Å². The Morgan fingerprint density at radius 3 is 2.42 bits per heavy atom. The van der Waals surface area contributed by atoms with Gasteiger partial charge in [-0.3, -0.25) is 0 Å². The first-order chi connectivity index (χ1) is 5.75. The highest BCUT2D eigenvalue weighted by Crippen LogP contribution is 2.21. The Balaban J connectivity index is 2.86. The van der Waals surface area contributed by atoms with Gasteiger partial charge in [0, 0.05) is 0 Å². The Morgan fingerprint density at radius 1 is 1.33 bits per heavy atom. The molecule has 1 aromatic carbocycles. The quantitative estimate of drug-likeness (QED) is 0.722. The van der Waals surface area contributed by atoms with Gasteiger partial charge in [0.05, 0.1) is 0 Å². The van der Waals surface area contributed by atoms with Crippen LogP contribution in [0, 0.1) is 0 Å². The molecule has 0 saturated carbocycles. The van der Waals surface area contributed by atoms with E-state index in [9.17, 15) is 8.78 Å². The van der Waals surface area contributed by atoms with Crippen LogP contribution in [0.5, 0.6) is 0 Å². The predicted molar refractivity (Wildman–Crippen MR) is 41.7 cm³/mol. The van der Waals surface area contributed by atoms with Gasteiger partial charge >= 0.3 is 0 Å². The molecule has 1 rings (SSSR count). The number of rotatable bonds is 2. The maximum absolute atomic E-state index is 12.4. The molecule has 0 heterocycles. The molecular weight excluding hydrogens is 162 g/mol. The molecule has 0 amide bonds. The van der Waals surface area contributed by atoms with Crippen molar-refractivity contribution >= 4 is 0 Å². The van der Waals surface area contributed by atoms with E-state index in [4.69, 9.17) is 5.11 Å². The first-order valence-corrected chi connectivity index (χ1v) is 3.44. The zero-order valence-electron chi connectivity index (χ0n) is 6.24. The molecule has 0 spiro atoms. The van der Waals surface area contributed by atoms with Crippen LogP contribution < -0.4 is 0 Å². The molecule has 3 heteroatoms. The molecule has 0 aliphatic carbocycles.